The average molecular weight is 208 g/mol. The van der Waals surface area contributed by atoms with Crippen LogP contribution in [0.15, 0.2) is 18.7 Å². The number of aromatic nitrogens is 3. The number of nitrogens with zero attached hydrogens (tertiary/aromatic N) is 2. The highest BCUT2D eigenvalue weighted by atomic mass is 32.1. The van der Waals surface area contributed by atoms with Gasteiger partial charge in [-0.25, -0.2) is 9.97 Å². The Balaban J connectivity index is 1.78. The lowest BCUT2D eigenvalue weighted by Gasteiger charge is -1.98. The van der Waals surface area contributed by atoms with Crippen molar-refractivity contribution in [3.05, 3.63) is 34.3 Å². The molecular formula is C9H12N4S. The van der Waals surface area contributed by atoms with Crippen LogP contribution in [-0.4, -0.2) is 15.0 Å². The van der Waals surface area contributed by atoms with E-state index in [-0.39, 0.29) is 0 Å². The summed E-state index contributed by atoms with van der Waals surface area (Å²) in [7, 11) is 0. The van der Waals surface area contributed by atoms with Crippen LogP contribution in [0.25, 0.3) is 0 Å². The minimum Gasteiger partial charge on any atom is -0.347 e. The summed E-state index contributed by atoms with van der Waals surface area (Å²) in [6.45, 7) is 3.69. The first-order valence-electron chi connectivity index (χ1n) is 4.44. The van der Waals surface area contributed by atoms with Gasteiger partial charge in [0, 0.05) is 36.1 Å². The molecule has 5 heteroatoms. The highest BCUT2D eigenvalue weighted by molar-refractivity contribution is 7.11. The molecule has 14 heavy (non-hydrogen) atoms. The van der Waals surface area contributed by atoms with Gasteiger partial charge in [-0.3, -0.25) is 0 Å². The van der Waals surface area contributed by atoms with Crippen LogP contribution >= 0.6 is 11.3 Å². The number of H-pyrrole nitrogens is 1. The summed E-state index contributed by atoms with van der Waals surface area (Å²) in [6.07, 6.45) is 5.41. The molecule has 0 fully saturated rings. The van der Waals surface area contributed by atoms with E-state index in [9.17, 15) is 0 Å². The van der Waals surface area contributed by atoms with Crippen molar-refractivity contribution in [2.24, 2.45) is 0 Å². The van der Waals surface area contributed by atoms with E-state index in [0.29, 0.717) is 0 Å². The monoisotopic (exact) mass is 208 g/mol. The zero-order chi connectivity index (χ0) is 9.80. The fraction of sp³-hybridized carbons (Fsp3) is 0.333. The Bertz CT molecular complexity index is 379. The summed E-state index contributed by atoms with van der Waals surface area (Å²) < 4.78 is 0. The fourth-order valence-corrected chi connectivity index (χ4v) is 1.93. The van der Waals surface area contributed by atoms with Crippen LogP contribution in [0.5, 0.6) is 0 Å². The first-order chi connectivity index (χ1) is 6.84. The van der Waals surface area contributed by atoms with Gasteiger partial charge in [-0.05, 0) is 6.92 Å². The SMILES string of the molecule is Cc1cnc(CNCc2cnc[nH]2)s1. The number of aromatic amines is 1. The van der Waals surface area contributed by atoms with E-state index >= 15 is 0 Å². The summed E-state index contributed by atoms with van der Waals surface area (Å²) in [4.78, 5) is 12.5. The zero-order valence-corrected chi connectivity index (χ0v) is 8.77. The molecular weight excluding hydrogens is 196 g/mol. The molecule has 0 saturated heterocycles. The molecule has 2 heterocycles. The van der Waals surface area contributed by atoms with Crippen LogP contribution in [-0.2, 0) is 13.1 Å². The second kappa shape index (κ2) is 4.34. The van der Waals surface area contributed by atoms with Crippen molar-refractivity contribution >= 4 is 11.3 Å². The highest BCUT2D eigenvalue weighted by Crippen LogP contribution is 2.10. The molecule has 0 unspecified atom stereocenters. The lowest BCUT2D eigenvalue weighted by atomic mass is 10.4. The molecule has 0 atom stereocenters. The van der Waals surface area contributed by atoms with E-state index in [4.69, 9.17) is 0 Å². The minimum atomic E-state index is 0.804. The fourth-order valence-electron chi connectivity index (χ4n) is 1.17. The van der Waals surface area contributed by atoms with Crippen molar-refractivity contribution in [2.45, 2.75) is 20.0 Å². The van der Waals surface area contributed by atoms with Crippen molar-refractivity contribution in [3.8, 4) is 0 Å². The normalized spacial score (nSPS) is 10.6. The van der Waals surface area contributed by atoms with E-state index in [2.05, 4.69) is 27.2 Å². The van der Waals surface area contributed by atoms with Gasteiger partial charge in [0.15, 0.2) is 0 Å². The smallest absolute Gasteiger partial charge is 0.107 e. The average Bonchev–Trinajstić information content (AvgIpc) is 2.77. The largest absolute Gasteiger partial charge is 0.347 e. The van der Waals surface area contributed by atoms with Gasteiger partial charge in [-0.2, -0.15) is 0 Å². The minimum absolute atomic E-state index is 0.804. The molecule has 0 amide bonds. The first-order valence-corrected chi connectivity index (χ1v) is 5.25. The predicted molar refractivity (Wildman–Crippen MR) is 56.0 cm³/mol. The maximum atomic E-state index is 4.26. The predicted octanol–water partition coefficient (Wildman–Crippen LogP) is 1.46. The molecule has 2 aromatic rings. The Labute approximate surface area is 86.4 Å². The van der Waals surface area contributed by atoms with Gasteiger partial charge in [-0.1, -0.05) is 0 Å². The topological polar surface area (TPSA) is 53.6 Å². The van der Waals surface area contributed by atoms with Crippen molar-refractivity contribution in [3.63, 3.8) is 0 Å². The number of imidazole rings is 1. The molecule has 0 aliphatic rings. The van der Waals surface area contributed by atoms with E-state index in [1.54, 1.807) is 17.7 Å². The van der Waals surface area contributed by atoms with E-state index in [1.807, 2.05) is 12.4 Å². The van der Waals surface area contributed by atoms with Crippen LogP contribution < -0.4 is 5.32 Å². The molecule has 0 spiro atoms. The van der Waals surface area contributed by atoms with Crippen LogP contribution in [0.1, 0.15) is 15.6 Å². The van der Waals surface area contributed by atoms with Crippen LogP contribution in [0, 0.1) is 6.92 Å². The number of rotatable bonds is 4. The van der Waals surface area contributed by atoms with Gasteiger partial charge < -0.3 is 10.3 Å². The molecule has 2 rings (SSSR count). The third-order valence-corrected chi connectivity index (χ3v) is 2.73. The Morgan fingerprint density at radius 3 is 3.00 bits per heavy atom. The van der Waals surface area contributed by atoms with Crippen molar-refractivity contribution in [1.29, 1.82) is 0 Å². The van der Waals surface area contributed by atoms with Crippen molar-refractivity contribution < 1.29 is 0 Å². The van der Waals surface area contributed by atoms with Crippen LogP contribution in [0.3, 0.4) is 0 Å². The number of thiazole rings is 1. The quantitative estimate of drug-likeness (QED) is 0.800. The van der Waals surface area contributed by atoms with Gasteiger partial charge in [0.25, 0.3) is 0 Å². The number of hydrogen-bond acceptors (Lipinski definition) is 4. The molecule has 0 radical (unpaired) electrons. The molecule has 0 bridgehead atoms. The lowest BCUT2D eigenvalue weighted by Crippen LogP contribution is -2.12. The maximum absolute atomic E-state index is 4.26. The van der Waals surface area contributed by atoms with Crippen LogP contribution in [0.2, 0.25) is 0 Å². The summed E-state index contributed by atoms with van der Waals surface area (Å²) in [6, 6.07) is 0. The third-order valence-electron chi connectivity index (χ3n) is 1.82. The molecule has 2 aromatic heterocycles. The zero-order valence-electron chi connectivity index (χ0n) is 7.95. The lowest BCUT2D eigenvalue weighted by molar-refractivity contribution is 0.679. The number of nitrogens with one attached hydrogen (secondary N) is 2. The van der Waals surface area contributed by atoms with Gasteiger partial charge in [0.05, 0.1) is 6.33 Å². The van der Waals surface area contributed by atoms with Gasteiger partial charge in [0.2, 0.25) is 0 Å². The Morgan fingerprint density at radius 2 is 2.36 bits per heavy atom. The standard InChI is InChI=1S/C9H12N4S/c1-7-2-12-9(14-7)5-10-3-8-4-11-6-13-8/h2,4,6,10H,3,5H2,1H3,(H,11,13). The number of hydrogen-bond donors (Lipinski definition) is 2. The van der Waals surface area contributed by atoms with E-state index < -0.39 is 0 Å². The Kier molecular flexibility index (Phi) is 2.90. The molecule has 0 saturated carbocycles. The molecule has 0 aromatic carbocycles. The van der Waals surface area contributed by atoms with E-state index in [0.717, 1.165) is 23.8 Å². The first kappa shape index (κ1) is 9.36. The Hall–Kier alpha value is -1.20. The van der Waals surface area contributed by atoms with E-state index in [1.165, 1.54) is 4.88 Å². The second-order valence-electron chi connectivity index (χ2n) is 3.05. The Morgan fingerprint density at radius 1 is 1.43 bits per heavy atom. The molecule has 0 aliphatic carbocycles. The van der Waals surface area contributed by atoms with Gasteiger partial charge >= 0.3 is 0 Å². The van der Waals surface area contributed by atoms with Crippen molar-refractivity contribution in [2.75, 3.05) is 0 Å². The second-order valence-corrected chi connectivity index (χ2v) is 4.36. The van der Waals surface area contributed by atoms with Gasteiger partial charge in [-0.15, -0.1) is 11.3 Å². The highest BCUT2D eigenvalue weighted by Gasteiger charge is 1.98. The van der Waals surface area contributed by atoms with Crippen molar-refractivity contribution in [1.82, 2.24) is 20.3 Å². The molecule has 74 valence electrons. The number of aryl methyl sites for hydroxylation is 1. The molecule has 2 N–H and O–H groups in total. The third kappa shape index (κ3) is 2.40. The summed E-state index contributed by atoms with van der Waals surface area (Å²) in [5, 5.41) is 4.42. The summed E-state index contributed by atoms with van der Waals surface area (Å²) in [5.74, 6) is 0. The molecule has 0 aliphatic heterocycles. The summed E-state index contributed by atoms with van der Waals surface area (Å²) in [5.41, 5.74) is 1.10. The van der Waals surface area contributed by atoms with Gasteiger partial charge in [0.1, 0.15) is 5.01 Å². The molecule has 4 nitrogen and oxygen atoms in total. The maximum Gasteiger partial charge on any atom is 0.107 e. The van der Waals surface area contributed by atoms with Crippen LogP contribution in [0.4, 0.5) is 0 Å². The summed E-state index contributed by atoms with van der Waals surface area (Å²) >= 11 is 1.73.